The maximum atomic E-state index is 11.7. The Morgan fingerprint density at radius 2 is 1.44 bits per heavy atom. The Balaban J connectivity index is 2.05. The summed E-state index contributed by atoms with van der Waals surface area (Å²) in [5.74, 6) is 0.237. The number of hydrogen-bond donors (Lipinski definition) is 0. The van der Waals surface area contributed by atoms with E-state index in [1.165, 1.54) is 29.4 Å². The van der Waals surface area contributed by atoms with Gasteiger partial charge in [0.1, 0.15) is 0 Å². The number of methoxy groups -OCH3 is 1. The molecule has 0 saturated carbocycles. The summed E-state index contributed by atoms with van der Waals surface area (Å²) < 4.78 is 4.78. The molecule has 2 nitrogen and oxygen atoms in total. The second-order valence-electron chi connectivity index (χ2n) is 8.93. The number of rotatable bonds is 3. The molecular formula is C25H30O2. The first kappa shape index (κ1) is 19.4. The maximum absolute atomic E-state index is 11.7. The number of aryl methyl sites for hydroxylation is 1. The summed E-state index contributed by atoms with van der Waals surface area (Å²) in [5, 5.41) is 0. The molecule has 2 aromatic carbocycles. The van der Waals surface area contributed by atoms with Crippen molar-refractivity contribution < 1.29 is 9.53 Å². The SMILES string of the molecule is C=C(c1ccc(C(=O)OC)cc1)c1cc2c(cc1C)C(C)(C)C(C)C2(C)C. The molecule has 2 heteroatoms. The Labute approximate surface area is 163 Å². The van der Waals surface area contributed by atoms with Gasteiger partial charge in [-0.2, -0.15) is 0 Å². The largest absolute Gasteiger partial charge is 0.465 e. The highest BCUT2D eigenvalue weighted by atomic mass is 16.5. The van der Waals surface area contributed by atoms with Crippen LogP contribution in [0.15, 0.2) is 43.0 Å². The number of carbonyl (C=O) groups excluding carboxylic acids is 1. The summed E-state index contributed by atoms with van der Waals surface area (Å²) in [5.41, 5.74) is 8.14. The van der Waals surface area contributed by atoms with Crippen molar-refractivity contribution in [2.45, 2.75) is 52.4 Å². The van der Waals surface area contributed by atoms with Crippen LogP contribution >= 0.6 is 0 Å². The van der Waals surface area contributed by atoms with E-state index in [2.05, 4.69) is 60.3 Å². The van der Waals surface area contributed by atoms with Crippen LogP contribution in [0.5, 0.6) is 0 Å². The van der Waals surface area contributed by atoms with Gasteiger partial charge in [-0.15, -0.1) is 0 Å². The monoisotopic (exact) mass is 362 g/mol. The third kappa shape index (κ3) is 2.92. The van der Waals surface area contributed by atoms with Gasteiger partial charge in [-0.1, -0.05) is 65.5 Å². The van der Waals surface area contributed by atoms with E-state index in [9.17, 15) is 4.79 Å². The second-order valence-corrected chi connectivity index (χ2v) is 8.93. The Bertz CT molecular complexity index is 914. The fourth-order valence-electron chi connectivity index (χ4n) is 4.55. The first-order chi connectivity index (χ1) is 12.5. The van der Waals surface area contributed by atoms with E-state index in [1.54, 1.807) is 12.1 Å². The van der Waals surface area contributed by atoms with Crippen molar-refractivity contribution in [1.82, 2.24) is 0 Å². The zero-order valence-corrected chi connectivity index (χ0v) is 17.6. The van der Waals surface area contributed by atoms with Crippen LogP contribution in [0.4, 0.5) is 0 Å². The minimum absolute atomic E-state index is 0.121. The molecule has 0 aromatic heterocycles. The molecule has 1 aliphatic rings. The molecular weight excluding hydrogens is 332 g/mol. The Morgan fingerprint density at radius 3 is 1.96 bits per heavy atom. The highest BCUT2D eigenvalue weighted by Gasteiger charge is 2.48. The van der Waals surface area contributed by atoms with Gasteiger partial charge in [-0.05, 0) is 69.2 Å². The van der Waals surface area contributed by atoms with Gasteiger partial charge in [0.15, 0.2) is 0 Å². The van der Waals surface area contributed by atoms with Crippen molar-refractivity contribution in [3.8, 4) is 0 Å². The molecule has 0 heterocycles. The van der Waals surface area contributed by atoms with Crippen LogP contribution in [0.1, 0.15) is 72.8 Å². The van der Waals surface area contributed by atoms with Crippen molar-refractivity contribution in [3.63, 3.8) is 0 Å². The Hall–Kier alpha value is -2.35. The summed E-state index contributed by atoms with van der Waals surface area (Å²) in [6.45, 7) is 18.3. The van der Waals surface area contributed by atoms with E-state index < -0.39 is 0 Å². The number of fused-ring (bicyclic) bond motifs is 1. The molecule has 0 radical (unpaired) electrons. The molecule has 0 amide bonds. The zero-order valence-electron chi connectivity index (χ0n) is 17.6. The van der Waals surface area contributed by atoms with E-state index in [4.69, 9.17) is 4.74 Å². The van der Waals surface area contributed by atoms with Crippen LogP contribution in [-0.4, -0.2) is 13.1 Å². The standard InChI is InChI=1S/C25H30O2/c1-15-13-21-22(25(6,7)17(3)24(21,4)5)14-20(15)16(2)18-9-11-19(12-10-18)23(26)27-8/h9-14,17H,2H2,1,3-8H3. The van der Waals surface area contributed by atoms with Crippen LogP contribution in [0.2, 0.25) is 0 Å². The summed E-state index contributed by atoms with van der Waals surface area (Å²) in [7, 11) is 1.40. The van der Waals surface area contributed by atoms with Crippen LogP contribution in [-0.2, 0) is 15.6 Å². The number of ether oxygens (including phenoxy) is 1. The van der Waals surface area contributed by atoms with Gasteiger partial charge in [0, 0.05) is 0 Å². The minimum Gasteiger partial charge on any atom is -0.465 e. The Kier molecular flexibility index (Phi) is 4.58. The average molecular weight is 363 g/mol. The van der Waals surface area contributed by atoms with Gasteiger partial charge in [-0.3, -0.25) is 0 Å². The van der Waals surface area contributed by atoms with Crippen molar-refractivity contribution >= 4 is 11.5 Å². The van der Waals surface area contributed by atoms with Crippen molar-refractivity contribution in [2.24, 2.45) is 5.92 Å². The fraction of sp³-hybridized carbons (Fsp3) is 0.400. The van der Waals surface area contributed by atoms with E-state index in [0.29, 0.717) is 11.5 Å². The topological polar surface area (TPSA) is 26.3 Å². The summed E-state index contributed by atoms with van der Waals surface area (Å²) >= 11 is 0. The van der Waals surface area contributed by atoms with Crippen LogP contribution in [0, 0.1) is 12.8 Å². The third-order valence-corrected chi connectivity index (χ3v) is 6.90. The highest BCUT2D eigenvalue weighted by Crippen LogP contribution is 2.54. The molecule has 0 N–H and O–H groups in total. The molecule has 1 unspecified atom stereocenters. The lowest BCUT2D eigenvalue weighted by Gasteiger charge is -2.32. The quantitative estimate of drug-likeness (QED) is 0.621. The van der Waals surface area contributed by atoms with E-state index >= 15 is 0 Å². The van der Waals surface area contributed by atoms with Crippen LogP contribution in [0.25, 0.3) is 5.57 Å². The van der Waals surface area contributed by atoms with E-state index in [0.717, 1.165) is 11.1 Å². The summed E-state index contributed by atoms with van der Waals surface area (Å²) in [6.07, 6.45) is 0. The van der Waals surface area contributed by atoms with E-state index in [-0.39, 0.29) is 16.8 Å². The molecule has 142 valence electrons. The van der Waals surface area contributed by atoms with Gasteiger partial charge in [0.05, 0.1) is 12.7 Å². The van der Waals surface area contributed by atoms with Gasteiger partial charge in [0.25, 0.3) is 0 Å². The maximum Gasteiger partial charge on any atom is 0.337 e. The van der Waals surface area contributed by atoms with Gasteiger partial charge < -0.3 is 4.74 Å². The molecule has 0 bridgehead atoms. The Morgan fingerprint density at radius 1 is 0.963 bits per heavy atom. The normalized spacial score (nSPS) is 19.4. The lowest BCUT2D eigenvalue weighted by atomic mass is 9.71. The second kappa shape index (κ2) is 6.37. The first-order valence-corrected chi connectivity index (χ1v) is 9.55. The van der Waals surface area contributed by atoms with Crippen molar-refractivity contribution in [2.75, 3.05) is 7.11 Å². The fourth-order valence-corrected chi connectivity index (χ4v) is 4.55. The predicted octanol–water partition coefficient (Wildman–Crippen LogP) is 6.05. The molecule has 0 fully saturated rings. The minimum atomic E-state index is -0.321. The molecule has 0 saturated heterocycles. The lowest BCUT2D eigenvalue weighted by Crippen LogP contribution is -2.30. The molecule has 27 heavy (non-hydrogen) atoms. The number of esters is 1. The zero-order chi connectivity index (χ0) is 20.1. The number of hydrogen-bond acceptors (Lipinski definition) is 2. The van der Waals surface area contributed by atoms with Gasteiger partial charge in [-0.25, -0.2) is 4.79 Å². The first-order valence-electron chi connectivity index (χ1n) is 9.55. The molecule has 0 aliphatic heterocycles. The molecule has 3 rings (SSSR count). The van der Waals surface area contributed by atoms with Gasteiger partial charge in [0.2, 0.25) is 0 Å². The average Bonchev–Trinajstić information content (AvgIpc) is 2.77. The highest BCUT2D eigenvalue weighted by molar-refractivity contribution is 5.90. The third-order valence-electron chi connectivity index (χ3n) is 6.90. The molecule has 1 aliphatic carbocycles. The van der Waals surface area contributed by atoms with Crippen molar-refractivity contribution in [1.29, 1.82) is 0 Å². The lowest BCUT2D eigenvalue weighted by molar-refractivity contribution is 0.0600. The number of carbonyl (C=O) groups is 1. The van der Waals surface area contributed by atoms with Crippen LogP contribution < -0.4 is 0 Å². The van der Waals surface area contributed by atoms with Gasteiger partial charge >= 0.3 is 5.97 Å². The predicted molar refractivity (Wildman–Crippen MR) is 112 cm³/mol. The smallest absolute Gasteiger partial charge is 0.337 e. The van der Waals surface area contributed by atoms with E-state index in [1.807, 2.05) is 12.1 Å². The summed E-state index contributed by atoms with van der Waals surface area (Å²) in [4.78, 5) is 11.7. The molecule has 0 spiro atoms. The molecule has 2 aromatic rings. The van der Waals surface area contributed by atoms with Crippen molar-refractivity contribution in [3.05, 3.63) is 76.4 Å². The van der Waals surface area contributed by atoms with Crippen LogP contribution in [0.3, 0.4) is 0 Å². The summed E-state index contributed by atoms with van der Waals surface area (Å²) in [6, 6.07) is 12.2. The number of benzene rings is 2. The molecule has 1 atom stereocenters.